The van der Waals surface area contributed by atoms with Crippen LogP contribution in [-0.4, -0.2) is 23.5 Å². The van der Waals surface area contributed by atoms with Crippen molar-refractivity contribution in [3.63, 3.8) is 0 Å². The third-order valence-corrected chi connectivity index (χ3v) is 1.19. The Hall–Kier alpha value is -1.45. The summed E-state index contributed by atoms with van der Waals surface area (Å²) in [6.07, 6.45) is 2.24. The zero-order valence-electron chi connectivity index (χ0n) is 11.8. The van der Waals surface area contributed by atoms with E-state index in [0.29, 0.717) is 0 Å². The van der Waals surface area contributed by atoms with Crippen molar-refractivity contribution in [2.75, 3.05) is 0 Å². The lowest BCUT2D eigenvalue weighted by Gasteiger charge is -2.07. The summed E-state index contributed by atoms with van der Waals surface area (Å²) in [4.78, 5) is 29.4. The van der Waals surface area contributed by atoms with E-state index in [2.05, 4.69) is 11.9 Å². The van der Waals surface area contributed by atoms with E-state index < -0.39 is 0 Å². The van der Waals surface area contributed by atoms with Gasteiger partial charge in [-0.1, -0.05) is 13.5 Å². The fourth-order valence-corrected chi connectivity index (χ4v) is 0.404. The van der Waals surface area contributed by atoms with Gasteiger partial charge in [-0.2, -0.15) is 0 Å². The molecule has 0 aromatic carbocycles. The summed E-state index contributed by atoms with van der Waals surface area (Å²) >= 11 is 0. The van der Waals surface area contributed by atoms with Crippen molar-refractivity contribution in [2.24, 2.45) is 0 Å². The van der Waals surface area contributed by atoms with Crippen LogP contribution in [0.3, 0.4) is 0 Å². The summed E-state index contributed by atoms with van der Waals surface area (Å²) < 4.78 is 0. The molecule has 0 bridgehead atoms. The summed E-state index contributed by atoms with van der Waals surface area (Å²) in [6, 6.07) is 0.260. The van der Waals surface area contributed by atoms with E-state index in [-0.39, 0.29) is 23.5 Å². The first-order valence-electron chi connectivity index (χ1n) is 5.54. The summed E-state index contributed by atoms with van der Waals surface area (Å²) in [6.45, 7) is 13.4. The molecule has 0 fully saturated rings. The lowest BCUT2D eigenvalue weighted by Crippen LogP contribution is -2.30. The van der Waals surface area contributed by atoms with Crippen LogP contribution in [0.5, 0.6) is 0 Å². The number of carbonyl (C=O) groups excluding carboxylic acids is 3. The topological polar surface area (TPSA) is 63.2 Å². The molecule has 0 radical (unpaired) electrons. The highest BCUT2D eigenvalue weighted by Crippen LogP contribution is 1.86. The monoisotopic (exact) mass is 243 g/mol. The van der Waals surface area contributed by atoms with Gasteiger partial charge >= 0.3 is 0 Å². The Balaban J connectivity index is -0.000000205. The zero-order valence-corrected chi connectivity index (χ0v) is 11.8. The van der Waals surface area contributed by atoms with Crippen LogP contribution < -0.4 is 5.32 Å². The van der Waals surface area contributed by atoms with E-state index in [1.54, 1.807) is 0 Å². The lowest BCUT2D eigenvalue weighted by molar-refractivity contribution is -0.117. The van der Waals surface area contributed by atoms with E-state index in [0.717, 1.165) is 6.42 Å². The molecule has 1 N–H and O–H groups in total. The molecule has 0 aromatic heterocycles. The summed E-state index contributed by atoms with van der Waals surface area (Å²) in [7, 11) is 0. The van der Waals surface area contributed by atoms with Crippen molar-refractivity contribution in [1.82, 2.24) is 5.32 Å². The SMILES string of the molecule is C=CC(=O)NC(C)CC.CC(C)=O.CC(C)=O. The van der Waals surface area contributed by atoms with Gasteiger partial charge in [0.2, 0.25) is 5.91 Å². The second kappa shape index (κ2) is 14.6. The highest BCUT2D eigenvalue weighted by Gasteiger charge is 1.98. The molecule has 0 saturated carbocycles. The molecule has 17 heavy (non-hydrogen) atoms. The Kier molecular flexibility index (Phi) is 17.9. The van der Waals surface area contributed by atoms with Crippen LogP contribution in [0, 0.1) is 0 Å². The van der Waals surface area contributed by atoms with E-state index in [1.165, 1.54) is 33.8 Å². The minimum Gasteiger partial charge on any atom is -0.350 e. The molecule has 1 atom stereocenters. The lowest BCUT2D eigenvalue weighted by atomic mass is 10.2. The molecule has 0 spiro atoms. The van der Waals surface area contributed by atoms with Crippen molar-refractivity contribution in [3.8, 4) is 0 Å². The van der Waals surface area contributed by atoms with Crippen molar-refractivity contribution in [2.45, 2.75) is 54.0 Å². The van der Waals surface area contributed by atoms with Crippen molar-refractivity contribution in [3.05, 3.63) is 12.7 Å². The quantitative estimate of drug-likeness (QED) is 0.773. The van der Waals surface area contributed by atoms with Crippen LogP contribution >= 0.6 is 0 Å². The molecule has 0 rings (SSSR count). The molecule has 0 saturated heterocycles. The fraction of sp³-hybridized carbons (Fsp3) is 0.615. The predicted molar refractivity (Wildman–Crippen MR) is 70.8 cm³/mol. The van der Waals surface area contributed by atoms with Gasteiger partial charge in [-0.25, -0.2) is 0 Å². The summed E-state index contributed by atoms with van der Waals surface area (Å²) in [5.74, 6) is 0.240. The first-order chi connectivity index (χ1) is 7.67. The van der Waals surface area contributed by atoms with E-state index >= 15 is 0 Å². The maximum atomic E-state index is 10.6. The molecular weight excluding hydrogens is 218 g/mol. The van der Waals surface area contributed by atoms with E-state index in [4.69, 9.17) is 0 Å². The van der Waals surface area contributed by atoms with Crippen LogP contribution in [0.4, 0.5) is 0 Å². The van der Waals surface area contributed by atoms with Gasteiger partial charge in [0, 0.05) is 6.04 Å². The average molecular weight is 243 g/mol. The Morgan fingerprint density at radius 2 is 1.41 bits per heavy atom. The highest BCUT2D eigenvalue weighted by molar-refractivity contribution is 5.87. The van der Waals surface area contributed by atoms with Crippen molar-refractivity contribution < 1.29 is 14.4 Å². The Bertz CT molecular complexity index is 227. The molecule has 4 heteroatoms. The fourth-order valence-electron chi connectivity index (χ4n) is 0.404. The third kappa shape index (κ3) is 53.4. The molecular formula is C13H25NO3. The maximum absolute atomic E-state index is 10.6. The maximum Gasteiger partial charge on any atom is 0.243 e. The minimum absolute atomic E-state index is 0.0932. The van der Waals surface area contributed by atoms with Gasteiger partial charge < -0.3 is 14.9 Å². The van der Waals surface area contributed by atoms with Crippen molar-refractivity contribution in [1.29, 1.82) is 0 Å². The van der Waals surface area contributed by atoms with Crippen LogP contribution in [0.2, 0.25) is 0 Å². The average Bonchev–Trinajstić information content (AvgIpc) is 2.15. The first-order valence-corrected chi connectivity index (χ1v) is 5.54. The number of ketones is 2. The highest BCUT2D eigenvalue weighted by atomic mass is 16.1. The van der Waals surface area contributed by atoms with Gasteiger partial charge in [-0.05, 0) is 47.1 Å². The van der Waals surface area contributed by atoms with Crippen LogP contribution in [-0.2, 0) is 14.4 Å². The van der Waals surface area contributed by atoms with Gasteiger partial charge in [0.25, 0.3) is 0 Å². The van der Waals surface area contributed by atoms with Gasteiger partial charge in [-0.15, -0.1) is 0 Å². The molecule has 0 aliphatic carbocycles. The van der Waals surface area contributed by atoms with Gasteiger partial charge in [0.15, 0.2) is 0 Å². The number of nitrogens with one attached hydrogen (secondary N) is 1. The molecule has 1 amide bonds. The van der Waals surface area contributed by atoms with Crippen LogP contribution in [0.15, 0.2) is 12.7 Å². The number of amides is 1. The number of hydrogen-bond donors (Lipinski definition) is 1. The number of Topliss-reactive ketones (excluding diaryl/α,β-unsaturated/α-hetero) is 2. The standard InChI is InChI=1S/C7H13NO.2C3H6O/c1-4-6(3)8-7(9)5-2;2*1-3(2)4/h5-6H,2,4H2,1,3H3,(H,8,9);2*1-2H3. The second-order valence-corrected chi connectivity index (χ2v) is 3.84. The minimum atomic E-state index is -0.0932. The molecule has 100 valence electrons. The molecule has 4 nitrogen and oxygen atoms in total. The first kappa shape index (κ1) is 20.9. The van der Waals surface area contributed by atoms with Crippen LogP contribution in [0.25, 0.3) is 0 Å². The molecule has 0 aliphatic heterocycles. The van der Waals surface area contributed by atoms with Crippen molar-refractivity contribution >= 4 is 17.5 Å². The number of hydrogen-bond acceptors (Lipinski definition) is 3. The van der Waals surface area contributed by atoms with E-state index in [1.807, 2.05) is 13.8 Å². The Morgan fingerprint density at radius 3 is 1.59 bits per heavy atom. The molecule has 1 unspecified atom stereocenters. The number of rotatable bonds is 3. The molecule has 0 aromatic rings. The van der Waals surface area contributed by atoms with Gasteiger partial charge in [0.05, 0.1) is 0 Å². The smallest absolute Gasteiger partial charge is 0.243 e. The van der Waals surface area contributed by atoms with Gasteiger partial charge in [0.1, 0.15) is 11.6 Å². The summed E-state index contributed by atoms with van der Waals surface area (Å²) in [5.41, 5.74) is 0. The summed E-state index contributed by atoms with van der Waals surface area (Å²) in [5, 5.41) is 2.72. The molecule has 0 aliphatic rings. The molecule has 0 heterocycles. The number of carbonyl (C=O) groups is 3. The van der Waals surface area contributed by atoms with Crippen LogP contribution in [0.1, 0.15) is 48.0 Å². The zero-order chi connectivity index (χ0) is 14.4. The van der Waals surface area contributed by atoms with E-state index in [9.17, 15) is 14.4 Å². The van der Waals surface area contributed by atoms with Gasteiger partial charge in [-0.3, -0.25) is 4.79 Å². The normalized spacial score (nSPS) is 9.53. The Labute approximate surface area is 104 Å². The Morgan fingerprint density at radius 1 is 1.12 bits per heavy atom. The largest absolute Gasteiger partial charge is 0.350 e. The predicted octanol–water partition coefficient (Wildman–Crippen LogP) is 2.28. The third-order valence-electron chi connectivity index (χ3n) is 1.19. The second-order valence-electron chi connectivity index (χ2n) is 3.84.